The van der Waals surface area contributed by atoms with Gasteiger partial charge in [0.25, 0.3) is 0 Å². The second-order valence-corrected chi connectivity index (χ2v) is 20.0. The summed E-state index contributed by atoms with van der Waals surface area (Å²) in [6.07, 6.45) is 8.73. The summed E-state index contributed by atoms with van der Waals surface area (Å²) in [5, 5.41) is 0. The lowest BCUT2D eigenvalue weighted by Crippen LogP contribution is -2.53. The molecule has 5 heteroatoms. The monoisotopic (exact) mass is 307 g/mol. The Morgan fingerprint density at radius 2 is 1.58 bits per heavy atom. The maximum absolute atomic E-state index is 5.05. The topological polar surface area (TPSA) is 15.6 Å². The Morgan fingerprint density at radius 3 is 2.00 bits per heavy atom. The van der Waals surface area contributed by atoms with Gasteiger partial charge in [-0.25, -0.2) is 0 Å². The maximum atomic E-state index is 5.05. The van der Waals surface area contributed by atoms with Crippen LogP contribution >= 0.6 is 0 Å². The van der Waals surface area contributed by atoms with E-state index < -0.39 is 30.8 Å². The molecule has 0 atom stereocenters. The van der Waals surface area contributed by atoms with Crippen molar-refractivity contribution in [3.05, 3.63) is 31.0 Å². The lowest BCUT2D eigenvalue weighted by atomic mass is 10.0. The fourth-order valence-electron chi connectivity index (χ4n) is 2.54. The third kappa shape index (κ3) is 5.22. The van der Waals surface area contributed by atoms with E-state index in [9.17, 15) is 0 Å². The molecule has 0 bridgehead atoms. The first-order valence-electron chi connectivity index (χ1n) is 7.13. The van der Waals surface area contributed by atoms with Gasteiger partial charge >= 0.3 is 14.4 Å². The zero-order chi connectivity index (χ0) is 14.8. The first kappa shape index (κ1) is 17.2. The van der Waals surface area contributed by atoms with Gasteiger partial charge in [-0.15, -0.1) is 0 Å². The molecule has 0 unspecified atom stereocenters. The number of rotatable bonds is 4. The minimum Gasteiger partial charge on any atom is -0.490 e. The van der Waals surface area contributed by atoms with Gasteiger partial charge in [0, 0.05) is 17.8 Å². The SMILES string of the molecule is [CH3][Al]([CH3])[N](C1=C[CH][CH][CH]/C1=N\[Si](C)(C)C)[Si](C)(C)C. The largest absolute Gasteiger partial charge is 0.490 e. The van der Waals surface area contributed by atoms with Gasteiger partial charge in [-0.1, -0.05) is 37.3 Å². The van der Waals surface area contributed by atoms with Crippen molar-refractivity contribution in [1.82, 2.24) is 3.55 Å². The minimum atomic E-state index is -1.44. The van der Waals surface area contributed by atoms with Crippen LogP contribution in [0, 0.1) is 19.3 Å². The van der Waals surface area contributed by atoms with E-state index in [0.717, 1.165) is 0 Å². The number of hydrogen-bond donors (Lipinski definition) is 0. The predicted octanol–water partition coefficient (Wildman–Crippen LogP) is 4.16. The quantitative estimate of drug-likeness (QED) is 0.712. The molecular formula is C14H28AlN2Si2. The average molecular weight is 308 g/mol. The van der Waals surface area contributed by atoms with Crippen molar-refractivity contribution in [2.24, 2.45) is 4.66 Å². The minimum absolute atomic E-state index is 0.883. The fraction of sp³-hybridized carbons (Fsp3) is 0.571. The molecule has 0 N–H and O–H groups in total. The molecule has 0 aromatic rings. The van der Waals surface area contributed by atoms with E-state index in [1.54, 1.807) is 0 Å². The lowest BCUT2D eigenvalue weighted by molar-refractivity contribution is 0.816. The van der Waals surface area contributed by atoms with Crippen molar-refractivity contribution in [2.45, 2.75) is 50.9 Å². The Bertz CT molecular complexity index is 376. The van der Waals surface area contributed by atoms with Crippen LogP contribution in [0.15, 0.2) is 16.4 Å². The molecular weight excluding hydrogens is 279 g/mol. The summed E-state index contributed by atoms with van der Waals surface area (Å²) in [5.74, 6) is 4.84. The van der Waals surface area contributed by atoms with Gasteiger partial charge in [-0.3, -0.25) is 0 Å². The van der Waals surface area contributed by atoms with E-state index in [2.05, 4.69) is 79.7 Å². The molecule has 0 aromatic carbocycles. The molecule has 19 heavy (non-hydrogen) atoms. The molecule has 0 spiro atoms. The van der Waals surface area contributed by atoms with Gasteiger partial charge < -0.3 is 8.21 Å². The average Bonchev–Trinajstić information content (AvgIpc) is 2.15. The van der Waals surface area contributed by atoms with Gasteiger partial charge in [0.1, 0.15) is 8.24 Å². The fourth-order valence-corrected chi connectivity index (χ4v) is 11.3. The summed E-state index contributed by atoms with van der Waals surface area (Å²) in [6, 6.07) is 0. The highest BCUT2D eigenvalue weighted by atomic mass is 28.3. The van der Waals surface area contributed by atoms with Crippen LogP contribution in [0.3, 0.4) is 0 Å². The normalized spacial score (nSPS) is 19.4. The van der Waals surface area contributed by atoms with Crippen LogP contribution in [0.1, 0.15) is 0 Å². The summed E-state index contributed by atoms with van der Waals surface area (Å²) in [4.78, 5) is 0. The van der Waals surface area contributed by atoms with Crippen molar-refractivity contribution in [3.8, 4) is 0 Å². The summed E-state index contributed by atoms with van der Waals surface area (Å²) in [6.45, 7) is 14.2. The zero-order valence-corrected chi connectivity index (χ0v) is 16.9. The van der Waals surface area contributed by atoms with Gasteiger partial charge in [-0.2, -0.15) is 0 Å². The molecule has 0 heterocycles. The molecule has 0 saturated heterocycles. The van der Waals surface area contributed by atoms with Crippen molar-refractivity contribution in [3.63, 3.8) is 0 Å². The molecule has 0 aromatic heterocycles. The van der Waals surface area contributed by atoms with Crippen LogP contribution in [-0.2, 0) is 0 Å². The van der Waals surface area contributed by atoms with Gasteiger partial charge in [-0.05, 0) is 32.5 Å². The molecule has 1 aliphatic carbocycles. The van der Waals surface area contributed by atoms with Crippen LogP contribution in [0.5, 0.6) is 0 Å². The Balaban J connectivity index is 3.19. The molecule has 0 fully saturated rings. The highest BCUT2D eigenvalue weighted by Gasteiger charge is 2.33. The summed E-state index contributed by atoms with van der Waals surface area (Å²) < 4.78 is 7.79. The first-order chi connectivity index (χ1) is 8.52. The molecule has 3 radical (unpaired) electrons. The van der Waals surface area contributed by atoms with E-state index in [1.807, 2.05) is 0 Å². The predicted molar refractivity (Wildman–Crippen MR) is 94.4 cm³/mol. The van der Waals surface area contributed by atoms with Gasteiger partial charge in [0.2, 0.25) is 0 Å². The molecule has 2 nitrogen and oxygen atoms in total. The number of nitrogens with zero attached hydrogens (tertiary/aromatic N) is 2. The molecule has 105 valence electrons. The Hall–Kier alpha value is 0.176. The Kier molecular flexibility index (Phi) is 5.71. The van der Waals surface area contributed by atoms with Crippen molar-refractivity contribution in [2.75, 3.05) is 0 Å². The third-order valence-corrected chi connectivity index (χ3v) is 10.6. The van der Waals surface area contributed by atoms with Crippen molar-refractivity contribution >= 4 is 36.6 Å². The first-order valence-corrected chi connectivity index (χ1v) is 16.9. The van der Waals surface area contributed by atoms with Gasteiger partial charge in [0.15, 0.2) is 8.24 Å². The summed E-state index contributed by atoms with van der Waals surface area (Å²) in [5.41, 5.74) is 2.59. The zero-order valence-electron chi connectivity index (χ0n) is 13.8. The summed E-state index contributed by atoms with van der Waals surface area (Å²) >= 11 is -0.883. The highest BCUT2D eigenvalue weighted by Crippen LogP contribution is 2.26. The number of hydrogen-bond acceptors (Lipinski definition) is 2. The van der Waals surface area contributed by atoms with Crippen LogP contribution in [0.4, 0.5) is 0 Å². The van der Waals surface area contributed by atoms with E-state index in [0.29, 0.717) is 0 Å². The highest BCUT2D eigenvalue weighted by molar-refractivity contribution is 6.83. The van der Waals surface area contributed by atoms with Crippen LogP contribution in [-0.4, -0.2) is 40.1 Å². The van der Waals surface area contributed by atoms with E-state index in [1.165, 1.54) is 11.4 Å². The third-order valence-electron chi connectivity index (χ3n) is 2.84. The van der Waals surface area contributed by atoms with Crippen LogP contribution < -0.4 is 0 Å². The molecule has 1 rings (SSSR count). The smallest absolute Gasteiger partial charge is 0.398 e. The molecule has 0 saturated carbocycles. The molecule has 0 aliphatic heterocycles. The number of allylic oxidation sites excluding steroid dienone is 2. The van der Waals surface area contributed by atoms with E-state index >= 15 is 0 Å². The van der Waals surface area contributed by atoms with Crippen LogP contribution in [0.2, 0.25) is 50.9 Å². The van der Waals surface area contributed by atoms with Crippen molar-refractivity contribution in [1.29, 1.82) is 0 Å². The Morgan fingerprint density at radius 1 is 1.00 bits per heavy atom. The molecule has 0 amide bonds. The lowest BCUT2D eigenvalue weighted by Gasteiger charge is -2.43. The molecule has 1 aliphatic rings. The maximum Gasteiger partial charge on any atom is 0.398 e. The Labute approximate surface area is 126 Å². The van der Waals surface area contributed by atoms with Crippen LogP contribution in [0.25, 0.3) is 0 Å². The summed E-state index contributed by atoms with van der Waals surface area (Å²) in [7, 11) is -2.79. The second-order valence-electron chi connectivity index (χ2n) is 7.41. The van der Waals surface area contributed by atoms with E-state index in [4.69, 9.17) is 4.66 Å². The standard InChI is InChI=1S/C12H22N2Si2.2CH3.Al/c1-15(2,3)13-11-9-7-8-10-12(11)14-16(4,5)6;;;/h7-10H,1-6H3;2*1H3;/q-1;;;+1/b13-11+;;;. The van der Waals surface area contributed by atoms with Crippen molar-refractivity contribution < 1.29 is 0 Å². The second kappa shape index (κ2) is 6.30. The van der Waals surface area contributed by atoms with Gasteiger partial charge in [0.05, 0.1) is 0 Å². The van der Waals surface area contributed by atoms with E-state index in [-0.39, 0.29) is 0 Å².